The predicted molar refractivity (Wildman–Crippen MR) is 126 cm³/mol. The van der Waals surface area contributed by atoms with Crippen molar-refractivity contribution in [2.24, 2.45) is 0 Å². The van der Waals surface area contributed by atoms with E-state index < -0.39 is 0 Å². The number of nitrogens with zero attached hydrogens (tertiary/aromatic N) is 4. The van der Waals surface area contributed by atoms with Crippen molar-refractivity contribution < 1.29 is 9.59 Å². The number of fused-ring (bicyclic) bond motifs is 3. The molecule has 1 aliphatic heterocycles. The molecule has 1 saturated heterocycles. The molecule has 0 spiro atoms. The smallest absolute Gasteiger partial charge is 0.259 e. The zero-order chi connectivity index (χ0) is 22.8. The third-order valence-electron chi connectivity index (χ3n) is 6.00. The third-order valence-corrected chi connectivity index (χ3v) is 6.00. The largest absolute Gasteiger partial charge is 0.368 e. The number of rotatable bonds is 5. The van der Waals surface area contributed by atoms with Crippen molar-refractivity contribution in [3.05, 3.63) is 76.7 Å². The first-order valence-electron chi connectivity index (χ1n) is 11.0. The van der Waals surface area contributed by atoms with Crippen molar-refractivity contribution in [2.75, 3.05) is 37.6 Å². The lowest BCUT2D eigenvalue weighted by Crippen LogP contribution is -2.49. The van der Waals surface area contributed by atoms with Gasteiger partial charge >= 0.3 is 0 Å². The monoisotopic (exact) mass is 444 g/mol. The van der Waals surface area contributed by atoms with Gasteiger partial charge in [0.2, 0.25) is 5.91 Å². The molecule has 2 aromatic heterocycles. The number of aromatic nitrogens is 3. The topological polar surface area (TPSA) is 103 Å². The van der Waals surface area contributed by atoms with Gasteiger partial charge < -0.3 is 20.1 Å². The minimum absolute atomic E-state index is 0.0160. The van der Waals surface area contributed by atoms with Crippen LogP contribution in [0.1, 0.15) is 16.8 Å². The van der Waals surface area contributed by atoms with Gasteiger partial charge in [-0.3, -0.25) is 14.4 Å². The van der Waals surface area contributed by atoms with Gasteiger partial charge in [-0.2, -0.15) is 5.10 Å². The molecule has 1 aliphatic rings. The van der Waals surface area contributed by atoms with Crippen molar-refractivity contribution in [3.63, 3.8) is 0 Å². The molecule has 33 heavy (non-hydrogen) atoms. The average Bonchev–Trinajstić information content (AvgIpc) is 3.29. The van der Waals surface area contributed by atoms with E-state index in [9.17, 15) is 14.4 Å². The first-order chi connectivity index (χ1) is 16.1. The normalized spacial score (nSPS) is 14.1. The van der Waals surface area contributed by atoms with Gasteiger partial charge in [-0.1, -0.05) is 30.3 Å². The highest BCUT2D eigenvalue weighted by Crippen LogP contribution is 2.16. The first kappa shape index (κ1) is 20.7. The number of anilines is 1. The molecule has 0 radical (unpaired) electrons. The highest BCUT2D eigenvalue weighted by atomic mass is 16.2. The molecule has 0 atom stereocenters. The van der Waals surface area contributed by atoms with E-state index in [0.717, 1.165) is 18.8 Å². The number of carbonyl (C=O) groups is 2. The Hall–Kier alpha value is -4.14. The molecule has 0 bridgehead atoms. The Morgan fingerprint density at radius 1 is 0.970 bits per heavy atom. The van der Waals surface area contributed by atoms with E-state index in [0.29, 0.717) is 29.6 Å². The van der Waals surface area contributed by atoms with Crippen LogP contribution in [-0.4, -0.2) is 64.0 Å². The summed E-state index contributed by atoms with van der Waals surface area (Å²) < 4.78 is 1.54. The van der Waals surface area contributed by atoms with E-state index in [1.807, 2.05) is 29.2 Å². The fraction of sp³-hybridized carbons (Fsp3) is 0.250. The van der Waals surface area contributed by atoms with Crippen LogP contribution in [0.2, 0.25) is 0 Å². The number of hydrogen-bond donors (Lipinski definition) is 2. The van der Waals surface area contributed by atoms with Crippen LogP contribution in [0.25, 0.3) is 16.6 Å². The lowest BCUT2D eigenvalue weighted by atomic mass is 10.2. The first-order valence-corrected chi connectivity index (χ1v) is 11.0. The van der Waals surface area contributed by atoms with Crippen LogP contribution in [0.5, 0.6) is 0 Å². The molecule has 3 heterocycles. The molecule has 2 amide bonds. The van der Waals surface area contributed by atoms with Gasteiger partial charge in [0, 0.05) is 44.8 Å². The number of nitrogens with one attached hydrogen (secondary N) is 2. The fourth-order valence-corrected chi connectivity index (χ4v) is 4.23. The number of amides is 2. The maximum Gasteiger partial charge on any atom is 0.259 e. The Kier molecular flexibility index (Phi) is 5.52. The fourth-order valence-electron chi connectivity index (χ4n) is 4.23. The molecule has 2 N–H and O–H groups in total. The van der Waals surface area contributed by atoms with E-state index >= 15 is 0 Å². The molecule has 168 valence electrons. The molecule has 5 rings (SSSR count). The zero-order valence-corrected chi connectivity index (χ0v) is 18.0. The van der Waals surface area contributed by atoms with E-state index in [4.69, 9.17) is 0 Å². The van der Waals surface area contributed by atoms with Gasteiger partial charge in [-0.15, -0.1) is 0 Å². The standard InChI is InChI=1S/C24H24N6O3/c31-21(29-14-12-28(13-15-29)17-6-2-1-3-7-17)10-11-25-23(32)19-16-26-30-20-9-5-4-8-18(20)24(33)27-22(19)30/h1-9,16H,10-15H2,(H,25,32)(H,27,33). The van der Waals surface area contributed by atoms with Crippen LogP contribution in [-0.2, 0) is 4.79 Å². The molecular formula is C24H24N6O3. The Morgan fingerprint density at radius 2 is 1.70 bits per heavy atom. The van der Waals surface area contributed by atoms with Crippen LogP contribution < -0.4 is 15.8 Å². The summed E-state index contributed by atoms with van der Waals surface area (Å²) in [7, 11) is 0. The highest BCUT2D eigenvalue weighted by Gasteiger charge is 2.21. The number of para-hydroxylation sites is 2. The summed E-state index contributed by atoms with van der Waals surface area (Å²) in [6.45, 7) is 3.09. The van der Waals surface area contributed by atoms with Crippen molar-refractivity contribution in [2.45, 2.75) is 6.42 Å². The summed E-state index contributed by atoms with van der Waals surface area (Å²) >= 11 is 0. The number of piperazine rings is 1. The van der Waals surface area contributed by atoms with Crippen molar-refractivity contribution in [1.82, 2.24) is 24.8 Å². The summed E-state index contributed by atoms with van der Waals surface area (Å²) in [5.41, 5.74) is 2.11. The summed E-state index contributed by atoms with van der Waals surface area (Å²) in [6, 6.07) is 17.2. The van der Waals surface area contributed by atoms with Crippen molar-refractivity contribution >= 4 is 34.1 Å². The summed E-state index contributed by atoms with van der Waals surface area (Å²) in [5.74, 6) is -0.361. The number of carbonyl (C=O) groups excluding carboxylic acids is 2. The third kappa shape index (κ3) is 4.05. The van der Waals surface area contributed by atoms with Crippen molar-refractivity contribution in [1.29, 1.82) is 0 Å². The minimum atomic E-state index is -0.377. The minimum Gasteiger partial charge on any atom is -0.368 e. The van der Waals surface area contributed by atoms with Gasteiger partial charge in [-0.05, 0) is 24.3 Å². The molecule has 1 fully saturated rings. The van der Waals surface area contributed by atoms with Crippen LogP contribution >= 0.6 is 0 Å². The van der Waals surface area contributed by atoms with E-state index in [-0.39, 0.29) is 35.9 Å². The van der Waals surface area contributed by atoms with E-state index in [1.54, 1.807) is 22.7 Å². The molecule has 0 aliphatic carbocycles. The second kappa shape index (κ2) is 8.78. The van der Waals surface area contributed by atoms with Crippen LogP contribution in [0.15, 0.2) is 65.6 Å². The lowest BCUT2D eigenvalue weighted by molar-refractivity contribution is -0.131. The molecule has 9 heteroatoms. The van der Waals surface area contributed by atoms with E-state index in [1.165, 1.54) is 6.20 Å². The summed E-state index contributed by atoms with van der Waals surface area (Å²) in [6.07, 6.45) is 1.65. The number of hydrogen-bond acceptors (Lipinski definition) is 5. The SMILES string of the molecule is O=C(NCCC(=O)N1CCN(c2ccccc2)CC1)c1cnn2c1[nH]c(=O)c1ccccc12. The van der Waals surface area contributed by atoms with Gasteiger partial charge in [0.05, 0.1) is 17.1 Å². The van der Waals surface area contributed by atoms with Gasteiger partial charge in [0.1, 0.15) is 11.2 Å². The Balaban J connectivity index is 1.18. The number of aromatic amines is 1. The molecule has 9 nitrogen and oxygen atoms in total. The Labute approximate surface area is 189 Å². The van der Waals surface area contributed by atoms with Gasteiger partial charge in [0.15, 0.2) is 0 Å². The zero-order valence-electron chi connectivity index (χ0n) is 18.0. The second-order valence-electron chi connectivity index (χ2n) is 8.00. The molecular weight excluding hydrogens is 420 g/mol. The average molecular weight is 444 g/mol. The van der Waals surface area contributed by atoms with Crippen LogP contribution in [0, 0.1) is 0 Å². The van der Waals surface area contributed by atoms with Crippen LogP contribution in [0.3, 0.4) is 0 Å². The van der Waals surface area contributed by atoms with Gasteiger partial charge in [0.25, 0.3) is 11.5 Å². The van der Waals surface area contributed by atoms with Crippen molar-refractivity contribution in [3.8, 4) is 0 Å². The molecule has 0 saturated carbocycles. The summed E-state index contributed by atoms with van der Waals surface area (Å²) in [4.78, 5) is 44.5. The maximum atomic E-state index is 12.7. The molecule has 4 aromatic rings. The summed E-state index contributed by atoms with van der Waals surface area (Å²) in [5, 5.41) is 7.54. The Bertz CT molecular complexity index is 1370. The lowest BCUT2D eigenvalue weighted by Gasteiger charge is -2.36. The predicted octanol–water partition coefficient (Wildman–Crippen LogP) is 1.64. The highest BCUT2D eigenvalue weighted by molar-refractivity contribution is 6.00. The van der Waals surface area contributed by atoms with Gasteiger partial charge in [-0.25, -0.2) is 4.52 Å². The molecule has 2 aromatic carbocycles. The Morgan fingerprint density at radius 3 is 2.48 bits per heavy atom. The molecule has 0 unspecified atom stereocenters. The quantitative estimate of drug-likeness (QED) is 0.487. The maximum absolute atomic E-state index is 12.7. The number of benzene rings is 2. The van der Waals surface area contributed by atoms with Crippen LogP contribution in [0.4, 0.5) is 5.69 Å². The van der Waals surface area contributed by atoms with E-state index in [2.05, 4.69) is 32.4 Å². The second-order valence-corrected chi connectivity index (χ2v) is 8.00. The number of H-pyrrole nitrogens is 1.